The van der Waals surface area contributed by atoms with Crippen molar-refractivity contribution in [3.63, 3.8) is 0 Å². The fraction of sp³-hybridized carbons (Fsp3) is 1.00. The minimum absolute atomic E-state index is 0.564. The Morgan fingerprint density at radius 2 is 2.13 bits per heavy atom. The van der Waals surface area contributed by atoms with Crippen molar-refractivity contribution in [2.24, 2.45) is 11.3 Å². The molecule has 2 heteroatoms. The minimum atomic E-state index is 0.564. The molecule has 0 aromatic carbocycles. The molecule has 0 bridgehead atoms. The Morgan fingerprint density at radius 1 is 1.33 bits per heavy atom. The smallest absolute Gasteiger partial charge is 0.0146 e. The number of rotatable bonds is 3. The van der Waals surface area contributed by atoms with Gasteiger partial charge in [-0.15, -0.1) is 0 Å². The van der Waals surface area contributed by atoms with Crippen LogP contribution >= 0.6 is 0 Å². The third-order valence-electron chi connectivity index (χ3n) is 4.45. The Morgan fingerprint density at radius 3 is 2.73 bits per heavy atom. The normalized spacial score (nSPS) is 36.2. The van der Waals surface area contributed by atoms with Gasteiger partial charge < -0.3 is 5.32 Å². The monoisotopic (exact) mass is 210 g/mol. The predicted octanol–water partition coefficient (Wildman–Crippen LogP) is 2.11. The van der Waals surface area contributed by atoms with E-state index in [1.54, 1.807) is 0 Å². The van der Waals surface area contributed by atoms with Crippen molar-refractivity contribution in [1.82, 2.24) is 10.2 Å². The number of hydrogen-bond donors (Lipinski definition) is 1. The molecule has 0 amide bonds. The summed E-state index contributed by atoms with van der Waals surface area (Å²) in [7, 11) is 2.07. The maximum atomic E-state index is 3.31. The molecule has 1 N–H and O–H groups in total. The molecule has 1 heterocycles. The summed E-state index contributed by atoms with van der Waals surface area (Å²) < 4.78 is 0. The summed E-state index contributed by atoms with van der Waals surface area (Å²) in [5.74, 6) is 0.895. The lowest BCUT2D eigenvalue weighted by Crippen LogP contribution is -2.40. The van der Waals surface area contributed by atoms with Crippen molar-refractivity contribution < 1.29 is 0 Å². The van der Waals surface area contributed by atoms with Gasteiger partial charge in [-0.3, -0.25) is 4.90 Å². The van der Waals surface area contributed by atoms with Crippen molar-refractivity contribution >= 4 is 0 Å². The number of nitrogens with zero attached hydrogens (tertiary/aromatic N) is 1. The summed E-state index contributed by atoms with van der Waals surface area (Å²) in [6, 6.07) is 0.861. The molecule has 2 rings (SSSR count). The van der Waals surface area contributed by atoms with Crippen LogP contribution in [0.4, 0.5) is 0 Å². The van der Waals surface area contributed by atoms with Gasteiger partial charge in [-0.1, -0.05) is 20.3 Å². The van der Waals surface area contributed by atoms with Gasteiger partial charge >= 0.3 is 0 Å². The summed E-state index contributed by atoms with van der Waals surface area (Å²) in [6.45, 7) is 8.77. The maximum absolute atomic E-state index is 3.31. The first kappa shape index (κ1) is 11.4. The highest BCUT2D eigenvalue weighted by Gasteiger charge is 2.40. The zero-order chi connectivity index (χ0) is 10.9. The van der Waals surface area contributed by atoms with Gasteiger partial charge in [0, 0.05) is 12.6 Å². The Kier molecular flexibility index (Phi) is 3.36. The molecule has 2 nitrogen and oxygen atoms in total. The highest BCUT2D eigenvalue weighted by Crippen LogP contribution is 2.41. The Bertz CT molecular complexity index is 213. The van der Waals surface area contributed by atoms with Crippen LogP contribution in [-0.4, -0.2) is 37.6 Å². The first-order valence-corrected chi connectivity index (χ1v) is 6.52. The number of hydrogen-bond acceptors (Lipinski definition) is 2. The van der Waals surface area contributed by atoms with E-state index in [4.69, 9.17) is 0 Å². The van der Waals surface area contributed by atoms with E-state index >= 15 is 0 Å². The fourth-order valence-electron chi connectivity index (χ4n) is 3.59. The molecule has 0 radical (unpaired) electrons. The molecule has 15 heavy (non-hydrogen) atoms. The molecule has 88 valence electrons. The van der Waals surface area contributed by atoms with Crippen LogP contribution in [0.3, 0.4) is 0 Å². The van der Waals surface area contributed by atoms with Gasteiger partial charge in [-0.2, -0.15) is 0 Å². The van der Waals surface area contributed by atoms with E-state index < -0.39 is 0 Å². The summed E-state index contributed by atoms with van der Waals surface area (Å²) >= 11 is 0. The zero-order valence-corrected chi connectivity index (χ0v) is 10.6. The van der Waals surface area contributed by atoms with E-state index in [0.717, 1.165) is 12.0 Å². The second kappa shape index (κ2) is 4.42. The first-order valence-electron chi connectivity index (χ1n) is 6.52. The van der Waals surface area contributed by atoms with Gasteiger partial charge in [0.15, 0.2) is 0 Å². The molecule has 2 fully saturated rings. The van der Waals surface area contributed by atoms with E-state index in [2.05, 4.69) is 31.1 Å². The Balaban J connectivity index is 1.90. The van der Waals surface area contributed by atoms with E-state index in [9.17, 15) is 0 Å². The second-order valence-corrected chi connectivity index (χ2v) is 6.10. The van der Waals surface area contributed by atoms with Crippen LogP contribution < -0.4 is 5.32 Å². The van der Waals surface area contributed by atoms with Crippen molar-refractivity contribution in [2.75, 3.05) is 26.7 Å². The van der Waals surface area contributed by atoms with Gasteiger partial charge in [0.05, 0.1) is 0 Å². The molecule has 1 aliphatic heterocycles. The molecule has 2 unspecified atom stereocenters. The van der Waals surface area contributed by atoms with Crippen LogP contribution in [-0.2, 0) is 0 Å². The quantitative estimate of drug-likeness (QED) is 0.767. The van der Waals surface area contributed by atoms with Crippen LogP contribution in [0.25, 0.3) is 0 Å². The molecule has 1 aliphatic carbocycles. The first-order chi connectivity index (χ1) is 7.13. The van der Waals surface area contributed by atoms with Crippen LogP contribution in [0.5, 0.6) is 0 Å². The van der Waals surface area contributed by atoms with E-state index in [-0.39, 0.29) is 0 Å². The lowest BCUT2D eigenvalue weighted by atomic mass is 9.86. The lowest BCUT2D eigenvalue weighted by Gasteiger charge is -2.35. The summed E-state index contributed by atoms with van der Waals surface area (Å²) in [4.78, 5) is 2.76. The SMILES string of the molecule is CNCC1CCN(C2CCCC2(C)C)C1. The van der Waals surface area contributed by atoms with Crippen LogP contribution in [0, 0.1) is 11.3 Å². The summed E-state index contributed by atoms with van der Waals surface area (Å²) in [6.07, 6.45) is 5.68. The van der Waals surface area contributed by atoms with Crippen molar-refractivity contribution in [1.29, 1.82) is 0 Å². The topological polar surface area (TPSA) is 15.3 Å². The van der Waals surface area contributed by atoms with Crippen LogP contribution in [0.1, 0.15) is 39.5 Å². The average molecular weight is 210 g/mol. The second-order valence-electron chi connectivity index (χ2n) is 6.10. The zero-order valence-electron chi connectivity index (χ0n) is 10.6. The molecule has 1 saturated carbocycles. The minimum Gasteiger partial charge on any atom is -0.319 e. The van der Waals surface area contributed by atoms with Crippen LogP contribution in [0.15, 0.2) is 0 Å². The van der Waals surface area contributed by atoms with Crippen molar-refractivity contribution in [2.45, 2.75) is 45.6 Å². The highest BCUT2D eigenvalue weighted by atomic mass is 15.2. The number of nitrogens with one attached hydrogen (secondary N) is 1. The third kappa shape index (κ3) is 2.36. The average Bonchev–Trinajstić information content (AvgIpc) is 2.72. The van der Waals surface area contributed by atoms with Gasteiger partial charge in [-0.05, 0) is 50.7 Å². The van der Waals surface area contributed by atoms with Crippen molar-refractivity contribution in [3.05, 3.63) is 0 Å². The van der Waals surface area contributed by atoms with E-state index in [1.807, 2.05) is 0 Å². The maximum Gasteiger partial charge on any atom is 0.0146 e. The molecule has 0 aromatic rings. The van der Waals surface area contributed by atoms with Gasteiger partial charge in [0.2, 0.25) is 0 Å². The standard InChI is InChI=1S/C13H26N2/c1-13(2)7-4-5-12(13)15-8-6-11(10-15)9-14-3/h11-12,14H,4-10H2,1-3H3. The third-order valence-corrected chi connectivity index (χ3v) is 4.45. The van der Waals surface area contributed by atoms with Gasteiger partial charge in [0.1, 0.15) is 0 Å². The molecule has 0 spiro atoms. The molecular formula is C13H26N2. The molecule has 2 aliphatic rings. The highest BCUT2D eigenvalue weighted by molar-refractivity contribution is 4.94. The molecule has 1 saturated heterocycles. The van der Waals surface area contributed by atoms with Crippen molar-refractivity contribution in [3.8, 4) is 0 Å². The Hall–Kier alpha value is -0.0800. The van der Waals surface area contributed by atoms with Gasteiger partial charge in [0.25, 0.3) is 0 Å². The van der Waals surface area contributed by atoms with Gasteiger partial charge in [-0.25, -0.2) is 0 Å². The molecular weight excluding hydrogens is 184 g/mol. The van der Waals surface area contributed by atoms with E-state index in [1.165, 1.54) is 45.3 Å². The predicted molar refractivity (Wildman–Crippen MR) is 65.0 cm³/mol. The molecule has 0 aromatic heterocycles. The molecule has 2 atom stereocenters. The summed E-state index contributed by atoms with van der Waals surface area (Å²) in [5, 5.41) is 3.31. The summed E-state index contributed by atoms with van der Waals surface area (Å²) in [5.41, 5.74) is 0.564. The number of likely N-dealkylation sites (tertiary alicyclic amines) is 1. The lowest BCUT2D eigenvalue weighted by molar-refractivity contribution is 0.135. The Labute approximate surface area is 94.4 Å². The van der Waals surface area contributed by atoms with E-state index in [0.29, 0.717) is 5.41 Å². The van der Waals surface area contributed by atoms with Crippen LogP contribution in [0.2, 0.25) is 0 Å². The fourth-order valence-corrected chi connectivity index (χ4v) is 3.59. The largest absolute Gasteiger partial charge is 0.319 e.